The first-order chi connectivity index (χ1) is 14.2. The normalized spacial score (nSPS) is 10.6. The maximum atomic E-state index is 11.2. The van der Waals surface area contributed by atoms with Crippen molar-refractivity contribution in [2.45, 2.75) is 13.1 Å². The van der Waals surface area contributed by atoms with Crippen LogP contribution in [0.15, 0.2) is 85.6 Å². The molecule has 0 aliphatic carbocycles. The van der Waals surface area contributed by atoms with Crippen LogP contribution in [0.2, 0.25) is 0 Å². The summed E-state index contributed by atoms with van der Waals surface area (Å²) in [5.74, 6) is 0.267. The summed E-state index contributed by atoms with van der Waals surface area (Å²) in [4.78, 5) is 18.9. The van der Waals surface area contributed by atoms with Gasteiger partial charge in [0.1, 0.15) is 0 Å². The molecule has 0 bridgehead atoms. The van der Waals surface area contributed by atoms with E-state index in [0.717, 1.165) is 23.2 Å². The molecule has 0 fully saturated rings. The minimum atomic E-state index is -0.430. The molecule has 0 radical (unpaired) electrons. The standard InChI is InChI=1S/C22H19N5O2/c28-27(29)21-6-3-11-24-22(21)25-14-19-4-1-2-5-20(19)18-9-7-17(8-10-18)15-26-13-12-23-16-26/h1-13,16H,14-15H2,(H,24,25). The third-order valence-electron chi connectivity index (χ3n) is 4.64. The van der Waals surface area contributed by atoms with Gasteiger partial charge < -0.3 is 9.88 Å². The van der Waals surface area contributed by atoms with Gasteiger partial charge in [0.05, 0.1) is 11.3 Å². The van der Waals surface area contributed by atoms with E-state index < -0.39 is 4.92 Å². The fraction of sp³-hybridized carbons (Fsp3) is 0.0909. The molecule has 0 amide bonds. The molecule has 4 aromatic rings. The third kappa shape index (κ3) is 4.30. The molecule has 2 heterocycles. The van der Waals surface area contributed by atoms with Gasteiger partial charge in [0.2, 0.25) is 5.82 Å². The van der Waals surface area contributed by atoms with Crippen molar-refractivity contribution >= 4 is 11.5 Å². The van der Waals surface area contributed by atoms with E-state index in [-0.39, 0.29) is 11.5 Å². The van der Waals surface area contributed by atoms with Gasteiger partial charge in [-0.2, -0.15) is 0 Å². The first-order valence-corrected chi connectivity index (χ1v) is 9.17. The van der Waals surface area contributed by atoms with Gasteiger partial charge in [-0.1, -0.05) is 48.5 Å². The van der Waals surface area contributed by atoms with Gasteiger partial charge in [0.15, 0.2) is 0 Å². The van der Waals surface area contributed by atoms with Crippen molar-refractivity contribution in [1.29, 1.82) is 0 Å². The Morgan fingerprint density at radius 2 is 1.83 bits per heavy atom. The topological polar surface area (TPSA) is 85.9 Å². The van der Waals surface area contributed by atoms with Crippen LogP contribution in [0.5, 0.6) is 0 Å². The number of imidazole rings is 1. The lowest BCUT2D eigenvalue weighted by Gasteiger charge is -2.12. The van der Waals surface area contributed by atoms with Crippen LogP contribution in [0.25, 0.3) is 11.1 Å². The van der Waals surface area contributed by atoms with Crippen LogP contribution in [0.4, 0.5) is 11.5 Å². The maximum Gasteiger partial charge on any atom is 0.311 e. The van der Waals surface area contributed by atoms with Crippen molar-refractivity contribution in [3.05, 3.63) is 107 Å². The predicted molar refractivity (Wildman–Crippen MR) is 111 cm³/mol. The Labute approximate surface area is 167 Å². The highest BCUT2D eigenvalue weighted by Crippen LogP contribution is 2.26. The van der Waals surface area contributed by atoms with Crippen molar-refractivity contribution in [3.63, 3.8) is 0 Å². The highest BCUT2D eigenvalue weighted by atomic mass is 16.6. The number of hydrogen-bond acceptors (Lipinski definition) is 5. The van der Waals surface area contributed by atoms with Crippen molar-refractivity contribution in [2.24, 2.45) is 0 Å². The van der Waals surface area contributed by atoms with E-state index in [2.05, 4.69) is 45.6 Å². The zero-order valence-corrected chi connectivity index (χ0v) is 15.6. The minimum Gasteiger partial charge on any atom is -0.360 e. The minimum absolute atomic E-state index is 0.0335. The zero-order valence-electron chi connectivity index (χ0n) is 15.6. The van der Waals surface area contributed by atoms with Crippen LogP contribution in [0.3, 0.4) is 0 Å². The Morgan fingerprint density at radius 3 is 2.59 bits per heavy atom. The van der Waals surface area contributed by atoms with Crippen LogP contribution >= 0.6 is 0 Å². The molecule has 0 saturated carbocycles. The fourth-order valence-electron chi connectivity index (χ4n) is 3.20. The Morgan fingerprint density at radius 1 is 1.00 bits per heavy atom. The number of anilines is 1. The molecule has 0 spiro atoms. The lowest BCUT2D eigenvalue weighted by molar-refractivity contribution is -0.384. The molecule has 7 nitrogen and oxygen atoms in total. The quantitative estimate of drug-likeness (QED) is 0.374. The monoisotopic (exact) mass is 385 g/mol. The van der Waals surface area contributed by atoms with Crippen molar-refractivity contribution in [1.82, 2.24) is 14.5 Å². The molecule has 29 heavy (non-hydrogen) atoms. The Balaban J connectivity index is 1.53. The van der Waals surface area contributed by atoms with Gasteiger partial charge in [-0.25, -0.2) is 9.97 Å². The highest BCUT2D eigenvalue weighted by molar-refractivity contribution is 5.68. The van der Waals surface area contributed by atoms with Gasteiger partial charge in [-0.3, -0.25) is 10.1 Å². The summed E-state index contributed by atoms with van der Waals surface area (Å²) < 4.78 is 2.02. The van der Waals surface area contributed by atoms with Gasteiger partial charge in [0, 0.05) is 37.7 Å². The Hall–Kier alpha value is -4.00. The summed E-state index contributed by atoms with van der Waals surface area (Å²) in [6, 6.07) is 19.4. The number of aromatic nitrogens is 3. The van der Waals surface area contributed by atoms with E-state index in [4.69, 9.17) is 0 Å². The second kappa shape index (κ2) is 8.35. The first kappa shape index (κ1) is 18.4. The second-order valence-corrected chi connectivity index (χ2v) is 6.57. The number of nitrogens with one attached hydrogen (secondary N) is 1. The average molecular weight is 385 g/mol. The van der Waals surface area contributed by atoms with Crippen LogP contribution in [0.1, 0.15) is 11.1 Å². The lowest BCUT2D eigenvalue weighted by atomic mass is 9.98. The van der Waals surface area contributed by atoms with Crippen LogP contribution < -0.4 is 5.32 Å². The van der Waals surface area contributed by atoms with Crippen LogP contribution in [-0.4, -0.2) is 19.5 Å². The van der Waals surface area contributed by atoms with Crippen LogP contribution in [-0.2, 0) is 13.1 Å². The fourth-order valence-corrected chi connectivity index (χ4v) is 3.20. The van der Waals surface area contributed by atoms with Gasteiger partial charge >= 0.3 is 5.69 Å². The molecular formula is C22H19N5O2. The molecule has 0 aliphatic rings. The summed E-state index contributed by atoms with van der Waals surface area (Å²) in [6.45, 7) is 1.21. The summed E-state index contributed by atoms with van der Waals surface area (Å²) in [7, 11) is 0. The molecule has 7 heteroatoms. The van der Waals surface area contributed by atoms with E-state index in [9.17, 15) is 10.1 Å². The number of benzene rings is 2. The van der Waals surface area contributed by atoms with Crippen molar-refractivity contribution in [2.75, 3.05) is 5.32 Å². The molecular weight excluding hydrogens is 366 g/mol. The summed E-state index contributed by atoms with van der Waals surface area (Å²) >= 11 is 0. The summed E-state index contributed by atoms with van der Waals surface area (Å²) in [5.41, 5.74) is 4.36. The number of nitro groups is 1. The summed E-state index contributed by atoms with van der Waals surface area (Å²) in [5, 5.41) is 14.3. The van der Waals surface area contributed by atoms with Gasteiger partial charge in [0.25, 0.3) is 0 Å². The molecule has 144 valence electrons. The van der Waals surface area contributed by atoms with Gasteiger partial charge in [-0.15, -0.1) is 0 Å². The van der Waals surface area contributed by atoms with E-state index in [0.29, 0.717) is 6.54 Å². The first-order valence-electron chi connectivity index (χ1n) is 9.17. The highest BCUT2D eigenvalue weighted by Gasteiger charge is 2.14. The number of nitrogens with zero attached hydrogens (tertiary/aromatic N) is 4. The van der Waals surface area contributed by atoms with Crippen LogP contribution in [0, 0.1) is 10.1 Å². The maximum absolute atomic E-state index is 11.2. The lowest BCUT2D eigenvalue weighted by Crippen LogP contribution is -2.05. The predicted octanol–water partition coefficient (Wildman–Crippen LogP) is 4.51. The molecule has 0 aliphatic heterocycles. The molecule has 2 aromatic carbocycles. The SMILES string of the molecule is O=[N+]([O-])c1cccnc1NCc1ccccc1-c1ccc(Cn2ccnc2)cc1. The molecule has 2 aromatic heterocycles. The second-order valence-electron chi connectivity index (χ2n) is 6.57. The number of rotatable bonds is 7. The third-order valence-corrected chi connectivity index (χ3v) is 4.64. The molecule has 0 atom stereocenters. The van der Waals surface area contributed by atoms with E-state index in [1.165, 1.54) is 11.6 Å². The smallest absolute Gasteiger partial charge is 0.311 e. The van der Waals surface area contributed by atoms with E-state index in [1.54, 1.807) is 24.8 Å². The molecule has 0 unspecified atom stereocenters. The van der Waals surface area contributed by atoms with Gasteiger partial charge in [-0.05, 0) is 28.3 Å². The van der Waals surface area contributed by atoms with E-state index in [1.807, 2.05) is 29.0 Å². The Kier molecular flexibility index (Phi) is 5.29. The average Bonchev–Trinajstić information content (AvgIpc) is 3.26. The molecule has 4 rings (SSSR count). The Bertz CT molecular complexity index is 1110. The zero-order chi connectivity index (χ0) is 20.1. The molecule has 0 saturated heterocycles. The summed E-state index contributed by atoms with van der Waals surface area (Å²) in [6.07, 6.45) is 7.04. The van der Waals surface area contributed by atoms with Crippen molar-refractivity contribution < 1.29 is 4.92 Å². The largest absolute Gasteiger partial charge is 0.360 e. The van der Waals surface area contributed by atoms with E-state index >= 15 is 0 Å². The molecule has 1 N–H and O–H groups in total. The van der Waals surface area contributed by atoms with Crippen molar-refractivity contribution in [3.8, 4) is 11.1 Å². The number of hydrogen-bond donors (Lipinski definition) is 1. The number of pyridine rings is 1.